The number of ether oxygens (including phenoxy) is 2. The highest BCUT2D eigenvalue weighted by molar-refractivity contribution is 6.04. The Bertz CT molecular complexity index is 615. The van der Waals surface area contributed by atoms with Crippen LogP contribution in [0, 0.1) is 0 Å². The number of hydrogen-bond acceptors (Lipinski definition) is 4. The van der Waals surface area contributed by atoms with Crippen LogP contribution in [0.5, 0.6) is 11.5 Å². The fourth-order valence-corrected chi connectivity index (χ4v) is 1.88. The van der Waals surface area contributed by atoms with Crippen molar-refractivity contribution in [2.24, 2.45) is 0 Å². The Hall–Kier alpha value is -2.56. The zero-order valence-electron chi connectivity index (χ0n) is 12.8. The predicted octanol–water partition coefficient (Wildman–Crippen LogP) is 3.52. The lowest BCUT2D eigenvalue weighted by Crippen LogP contribution is -2.13. The maximum atomic E-state index is 12.2. The SMILES string of the molecule is CCCCOc1ccc(C(=O)Nc2ccccn2)cc1OC. The average Bonchev–Trinajstić information content (AvgIpc) is 2.56. The van der Waals surface area contributed by atoms with Gasteiger partial charge in [0.2, 0.25) is 0 Å². The molecule has 0 atom stereocenters. The first kappa shape index (κ1) is 15.8. The number of nitrogens with zero attached hydrogens (tertiary/aromatic N) is 1. The molecule has 1 heterocycles. The highest BCUT2D eigenvalue weighted by atomic mass is 16.5. The number of methoxy groups -OCH3 is 1. The molecule has 0 bridgehead atoms. The first-order chi connectivity index (χ1) is 10.7. The van der Waals surface area contributed by atoms with Crippen molar-refractivity contribution in [3.8, 4) is 11.5 Å². The van der Waals surface area contributed by atoms with Gasteiger partial charge in [0, 0.05) is 11.8 Å². The van der Waals surface area contributed by atoms with Gasteiger partial charge >= 0.3 is 0 Å². The number of benzene rings is 1. The van der Waals surface area contributed by atoms with Crippen LogP contribution in [0.4, 0.5) is 5.82 Å². The maximum Gasteiger partial charge on any atom is 0.256 e. The molecule has 5 nitrogen and oxygen atoms in total. The molecule has 0 saturated heterocycles. The van der Waals surface area contributed by atoms with E-state index in [0.717, 1.165) is 12.8 Å². The molecule has 1 aromatic carbocycles. The highest BCUT2D eigenvalue weighted by Crippen LogP contribution is 2.28. The van der Waals surface area contributed by atoms with E-state index in [-0.39, 0.29) is 5.91 Å². The topological polar surface area (TPSA) is 60.5 Å². The van der Waals surface area contributed by atoms with Gasteiger partial charge in [-0.05, 0) is 36.8 Å². The summed E-state index contributed by atoms with van der Waals surface area (Å²) >= 11 is 0. The van der Waals surface area contributed by atoms with E-state index >= 15 is 0 Å². The molecule has 2 aromatic rings. The fraction of sp³-hybridized carbons (Fsp3) is 0.294. The number of carbonyl (C=O) groups is 1. The molecule has 2 rings (SSSR count). The van der Waals surface area contributed by atoms with Crippen LogP contribution < -0.4 is 14.8 Å². The summed E-state index contributed by atoms with van der Waals surface area (Å²) in [7, 11) is 1.56. The number of pyridine rings is 1. The molecule has 5 heteroatoms. The number of aromatic nitrogens is 1. The minimum Gasteiger partial charge on any atom is -0.493 e. The molecule has 1 aromatic heterocycles. The van der Waals surface area contributed by atoms with Gasteiger partial charge in [-0.1, -0.05) is 19.4 Å². The summed E-state index contributed by atoms with van der Waals surface area (Å²) in [6.07, 6.45) is 3.67. The Kier molecular flexibility index (Phi) is 5.77. The Morgan fingerprint density at radius 3 is 2.77 bits per heavy atom. The van der Waals surface area contributed by atoms with E-state index in [1.165, 1.54) is 0 Å². The smallest absolute Gasteiger partial charge is 0.256 e. The van der Waals surface area contributed by atoms with Crippen molar-refractivity contribution in [1.82, 2.24) is 4.98 Å². The largest absolute Gasteiger partial charge is 0.493 e. The highest BCUT2D eigenvalue weighted by Gasteiger charge is 2.11. The molecule has 1 amide bonds. The van der Waals surface area contributed by atoms with Gasteiger partial charge in [-0.2, -0.15) is 0 Å². The molecule has 22 heavy (non-hydrogen) atoms. The summed E-state index contributed by atoms with van der Waals surface area (Å²) in [4.78, 5) is 16.3. The number of unbranched alkanes of at least 4 members (excludes halogenated alkanes) is 1. The van der Waals surface area contributed by atoms with Gasteiger partial charge in [0.05, 0.1) is 13.7 Å². The van der Waals surface area contributed by atoms with E-state index in [4.69, 9.17) is 9.47 Å². The fourth-order valence-electron chi connectivity index (χ4n) is 1.88. The first-order valence-electron chi connectivity index (χ1n) is 7.27. The molecular formula is C17H20N2O3. The molecule has 116 valence electrons. The van der Waals surface area contributed by atoms with E-state index in [9.17, 15) is 4.79 Å². The third-order valence-corrected chi connectivity index (χ3v) is 3.09. The number of nitrogens with one attached hydrogen (secondary N) is 1. The number of anilines is 1. The number of rotatable bonds is 7. The van der Waals surface area contributed by atoms with E-state index < -0.39 is 0 Å². The van der Waals surface area contributed by atoms with Crippen molar-refractivity contribution in [2.45, 2.75) is 19.8 Å². The van der Waals surface area contributed by atoms with E-state index in [0.29, 0.717) is 29.5 Å². The Balaban J connectivity index is 2.09. The van der Waals surface area contributed by atoms with Gasteiger partial charge in [0.15, 0.2) is 11.5 Å². The molecule has 0 unspecified atom stereocenters. The van der Waals surface area contributed by atoms with Crippen LogP contribution >= 0.6 is 0 Å². The maximum absolute atomic E-state index is 12.2. The summed E-state index contributed by atoms with van der Waals surface area (Å²) in [6.45, 7) is 2.73. The molecule has 0 radical (unpaired) electrons. The van der Waals surface area contributed by atoms with Crippen LogP contribution in [0.2, 0.25) is 0 Å². The quantitative estimate of drug-likeness (QED) is 0.795. The van der Waals surface area contributed by atoms with E-state index in [2.05, 4.69) is 17.2 Å². The molecule has 0 aliphatic rings. The van der Waals surface area contributed by atoms with Crippen LogP contribution in [0.25, 0.3) is 0 Å². The van der Waals surface area contributed by atoms with Crippen molar-refractivity contribution in [3.05, 3.63) is 48.2 Å². The minimum absolute atomic E-state index is 0.239. The molecule has 0 aliphatic heterocycles. The summed E-state index contributed by atoms with van der Waals surface area (Å²) in [5.41, 5.74) is 0.491. The summed E-state index contributed by atoms with van der Waals surface area (Å²) < 4.78 is 10.9. The third kappa shape index (κ3) is 4.22. The van der Waals surface area contributed by atoms with Crippen LogP contribution in [-0.4, -0.2) is 24.6 Å². The van der Waals surface area contributed by atoms with Crippen LogP contribution in [0.1, 0.15) is 30.1 Å². The standard InChI is InChI=1S/C17H20N2O3/c1-3-4-11-22-14-9-8-13(12-15(14)21-2)17(20)19-16-7-5-6-10-18-16/h5-10,12H,3-4,11H2,1-2H3,(H,18,19,20). The monoisotopic (exact) mass is 300 g/mol. The first-order valence-corrected chi connectivity index (χ1v) is 7.27. The van der Waals surface area contributed by atoms with Crippen LogP contribution in [0.3, 0.4) is 0 Å². The normalized spacial score (nSPS) is 10.1. The van der Waals surface area contributed by atoms with E-state index in [1.807, 2.05) is 6.07 Å². The predicted molar refractivity (Wildman–Crippen MR) is 85.6 cm³/mol. The van der Waals surface area contributed by atoms with Crippen molar-refractivity contribution >= 4 is 11.7 Å². The van der Waals surface area contributed by atoms with Gasteiger partial charge in [0.25, 0.3) is 5.91 Å². The van der Waals surface area contributed by atoms with Crippen molar-refractivity contribution in [3.63, 3.8) is 0 Å². The number of hydrogen-bond donors (Lipinski definition) is 1. The van der Waals surface area contributed by atoms with Crippen LogP contribution in [0.15, 0.2) is 42.6 Å². The lowest BCUT2D eigenvalue weighted by molar-refractivity contribution is 0.102. The van der Waals surface area contributed by atoms with Crippen molar-refractivity contribution < 1.29 is 14.3 Å². The zero-order chi connectivity index (χ0) is 15.8. The molecule has 0 spiro atoms. The average molecular weight is 300 g/mol. The van der Waals surface area contributed by atoms with Crippen molar-refractivity contribution in [1.29, 1.82) is 0 Å². The summed E-state index contributed by atoms with van der Waals surface area (Å²) in [6, 6.07) is 10.5. The van der Waals surface area contributed by atoms with Gasteiger partial charge in [-0.3, -0.25) is 4.79 Å². The minimum atomic E-state index is -0.239. The molecule has 0 saturated carbocycles. The van der Waals surface area contributed by atoms with Gasteiger partial charge in [-0.15, -0.1) is 0 Å². The number of amides is 1. The second-order valence-electron chi connectivity index (χ2n) is 4.74. The van der Waals surface area contributed by atoms with Gasteiger partial charge in [-0.25, -0.2) is 4.98 Å². The lowest BCUT2D eigenvalue weighted by Gasteiger charge is -2.12. The Morgan fingerprint density at radius 1 is 1.23 bits per heavy atom. The number of carbonyl (C=O) groups excluding carboxylic acids is 1. The molecule has 0 aliphatic carbocycles. The molecule has 0 fully saturated rings. The molecule has 1 N–H and O–H groups in total. The van der Waals surface area contributed by atoms with E-state index in [1.54, 1.807) is 43.6 Å². The van der Waals surface area contributed by atoms with Crippen molar-refractivity contribution in [2.75, 3.05) is 19.0 Å². The van der Waals surface area contributed by atoms with Gasteiger partial charge in [0.1, 0.15) is 5.82 Å². The van der Waals surface area contributed by atoms with Gasteiger partial charge < -0.3 is 14.8 Å². The Morgan fingerprint density at radius 2 is 2.09 bits per heavy atom. The lowest BCUT2D eigenvalue weighted by atomic mass is 10.2. The second-order valence-corrected chi connectivity index (χ2v) is 4.74. The second kappa shape index (κ2) is 8.02. The van der Waals surface area contributed by atoms with Crippen LogP contribution in [-0.2, 0) is 0 Å². The summed E-state index contributed by atoms with van der Waals surface area (Å²) in [5.74, 6) is 1.46. The molecular weight excluding hydrogens is 280 g/mol. The Labute approximate surface area is 130 Å². The zero-order valence-corrected chi connectivity index (χ0v) is 12.8. The third-order valence-electron chi connectivity index (χ3n) is 3.09. The summed E-state index contributed by atoms with van der Waals surface area (Å²) in [5, 5.41) is 2.73.